The fourth-order valence-corrected chi connectivity index (χ4v) is 4.35. The van der Waals surface area contributed by atoms with Crippen LogP contribution in [0.2, 0.25) is 0 Å². The van der Waals surface area contributed by atoms with Crippen LogP contribution in [0, 0.1) is 5.92 Å². The van der Waals surface area contributed by atoms with Gasteiger partial charge in [0.05, 0.1) is 0 Å². The summed E-state index contributed by atoms with van der Waals surface area (Å²) in [6.07, 6.45) is 1.85. The average Bonchev–Trinajstić information content (AvgIpc) is 3.14. The molecule has 2 aromatic rings. The van der Waals surface area contributed by atoms with Crippen molar-refractivity contribution in [3.8, 4) is 11.1 Å². The molecule has 0 saturated carbocycles. The van der Waals surface area contributed by atoms with Crippen LogP contribution in [-0.2, 0) is 14.3 Å². The number of nitrogens with one attached hydrogen (secondary N) is 2. The van der Waals surface area contributed by atoms with E-state index in [1.54, 1.807) is 0 Å². The maximum absolute atomic E-state index is 12.3. The minimum absolute atomic E-state index is 0.0356. The molecule has 3 rings (SSSR count). The Balaban J connectivity index is 1.34. The molecule has 0 bridgehead atoms. The number of carbonyl (C=O) groups is 3. The van der Waals surface area contributed by atoms with E-state index in [-0.39, 0.29) is 36.8 Å². The van der Waals surface area contributed by atoms with Gasteiger partial charge < -0.3 is 20.5 Å². The second-order valence-corrected chi connectivity index (χ2v) is 9.09. The van der Waals surface area contributed by atoms with Crippen molar-refractivity contribution in [1.82, 2.24) is 10.6 Å². The Morgan fingerprint density at radius 2 is 1.53 bits per heavy atom. The lowest BCUT2D eigenvalue weighted by Crippen LogP contribution is -2.33. The van der Waals surface area contributed by atoms with Gasteiger partial charge in [-0.3, -0.25) is 9.59 Å². The molecule has 7 nitrogen and oxygen atoms in total. The zero-order chi connectivity index (χ0) is 24.5. The fraction of sp³-hybridized carbons (Fsp3) is 0.444. The topological polar surface area (TPSA) is 105 Å². The minimum atomic E-state index is -0.862. The molecule has 0 saturated heterocycles. The monoisotopic (exact) mass is 466 g/mol. The second kappa shape index (κ2) is 12.2. The van der Waals surface area contributed by atoms with E-state index in [0.717, 1.165) is 6.42 Å². The Morgan fingerprint density at radius 3 is 2.15 bits per heavy atom. The van der Waals surface area contributed by atoms with Crippen molar-refractivity contribution < 1.29 is 24.2 Å². The molecule has 0 fully saturated rings. The standard InChI is InChI=1S/C27H34N2O5/c1-18(11-13-25(30)29-19(2)12-14-26(31)32)15-16-28-27(33)34-17-24-22-9-5-3-7-20(22)21-8-4-6-10-23(21)24/h3-10,18-19,24H,11-17H2,1-2H3,(H,28,33)(H,29,30)(H,31,32). The number of rotatable bonds is 12. The molecule has 34 heavy (non-hydrogen) atoms. The van der Waals surface area contributed by atoms with Gasteiger partial charge in [-0.15, -0.1) is 0 Å². The van der Waals surface area contributed by atoms with Gasteiger partial charge in [-0.25, -0.2) is 4.79 Å². The molecule has 2 unspecified atom stereocenters. The van der Waals surface area contributed by atoms with Gasteiger partial charge in [0.1, 0.15) is 6.61 Å². The van der Waals surface area contributed by atoms with Crippen LogP contribution < -0.4 is 10.6 Å². The first-order valence-corrected chi connectivity index (χ1v) is 11.9. The number of hydrogen-bond donors (Lipinski definition) is 3. The SMILES string of the molecule is CC(CCNC(=O)OCC1c2ccccc2-c2ccccc21)CCC(=O)NC(C)CCC(=O)O. The normalized spacial score (nSPS) is 13.9. The number of aliphatic carboxylic acids is 1. The number of hydrogen-bond acceptors (Lipinski definition) is 4. The summed E-state index contributed by atoms with van der Waals surface area (Å²) in [5.41, 5.74) is 4.75. The quantitative estimate of drug-likeness (QED) is 0.421. The second-order valence-electron chi connectivity index (χ2n) is 9.09. The van der Waals surface area contributed by atoms with Gasteiger partial charge in [-0.05, 0) is 54.4 Å². The zero-order valence-corrected chi connectivity index (χ0v) is 19.9. The number of ether oxygens (including phenoxy) is 1. The van der Waals surface area contributed by atoms with E-state index in [2.05, 4.69) is 34.9 Å². The molecule has 1 aliphatic carbocycles. The molecule has 0 radical (unpaired) electrons. The zero-order valence-electron chi connectivity index (χ0n) is 19.9. The van der Waals surface area contributed by atoms with Crippen molar-refractivity contribution in [2.24, 2.45) is 5.92 Å². The maximum atomic E-state index is 12.3. The van der Waals surface area contributed by atoms with Crippen molar-refractivity contribution in [3.05, 3.63) is 59.7 Å². The van der Waals surface area contributed by atoms with Crippen LogP contribution in [0.1, 0.15) is 63.0 Å². The molecule has 2 aromatic carbocycles. The van der Waals surface area contributed by atoms with E-state index >= 15 is 0 Å². The van der Waals surface area contributed by atoms with Crippen LogP contribution in [0.3, 0.4) is 0 Å². The Morgan fingerprint density at radius 1 is 0.912 bits per heavy atom. The summed E-state index contributed by atoms with van der Waals surface area (Å²) >= 11 is 0. The lowest BCUT2D eigenvalue weighted by molar-refractivity contribution is -0.137. The molecule has 0 aromatic heterocycles. The maximum Gasteiger partial charge on any atom is 0.407 e. The Kier molecular flexibility index (Phi) is 9.08. The van der Waals surface area contributed by atoms with Gasteiger partial charge in [0.2, 0.25) is 5.91 Å². The van der Waals surface area contributed by atoms with E-state index in [1.807, 2.05) is 38.1 Å². The molecule has 2 atom stereocenters. The highest BCUT2D eigenvalue weighted by Crippen LogP contribution is 2.44. The Hall–Kier alpha value is -3.35. The van der Waals surface area contributed by atoms with Gasteiger partial charge >= 0.3 is 12.1 Å². The molecule has 3 N–H and O–H groups in total. The third-order valence-electron chi connectivity index (χ3n) is 6.31. The van der Waals surface area contributed by atoms with Crippen LogP contribution in [0.15, 0.2) is 48.5 Å². The number of carboxylic acid groups (broad SMARTS) is 1. The summed E-state index contributed by atoms with van der Waals surface area (Å²) in [5.74, 6) is -0.643. The Labute approximate surface area is 200 Å². The number of benzene rings is 2. The number of fused-ring (bicyclic) bond motifs is 3. The van der Waals surface area contributed by atoms with Gasteiger partial charge in [0.25, 0.3) is 0 Å². The molecule has 7 heteroatoms. The first kappa shape index (κ1) is 25.3. The van der Waals surface area contributed by atoms with E-state index < -0.39 is 12.1 Å². The van der Waals surface area contributed by atoms with E-state index in [1.165, 1.54) is 22.3 Å². The van der Waals surface area contributed by atoms with Crippen LogP contribution in [0.5, 0.6) is 0 Å². The predicted octanol–water partition coefficient (Wildman–Crippen LogP) is 4.70. The number of carboxylic acids is 1. The van der Waals surface area contributed by atoms with Gasteiger partial charge in [-0.2, -0.15) is 0 Å². The summed E-state index contributed by atoms with van der Waals surface area (Å²) in [6.45, 7) is 4.62. The van der Waals surface area contributed by atoms with Crippen molar-refractivity contribution in [3.63, 3.8) is 0 Å². The molecule has 1 aliphatic rings. The highest BCUT2D eigenvalue weighted by molar-refractivity contribution is 5.79. The van der Waals surface area contributed by atoms with Crippen LogP contribution in [0.4, 0.5) is 4.79 Å². The average molecular weight is 467 g/mol. The Bertz CT molecular complexity index is 961. The molecular formula is C27H34N2O5. The van der Waals surface area contributed by atoms with Crippen molar-refractivity contribution in [2.75, 3.05) is 13.2 Å². The van der Waals surface area contributed by atoms with Gasteiger partial charge in [0.15, 0.2) is 0 Å². The summed E-state index contributed by atoms with van der Waals surface area (Å²) in [7, 11) is 0. The first-order chi connectivity index (χ1) is 16.3. The van der Waals surface area contributed by atoms with Gasteiger partial charge in [0, 0.05) is 31.3 Å². The third-order valence-corrected chi connectivity index (χ3v) is 6.31. The van der Waals surface area contributed by atoms with Crippen LogP contribution in [0.25, 0.3) is 11.1 Å². The summed E-state index contributed by atoms with van der Waals surface area (Å²) < 4.78 is 5.55. The van der Waals surface area contributed by atoms with E-state index in [4.69, 9.17) is 9.84 Å². The minimum Gasteiger partial charge on any atom is -0.481 e. The summed E-state index contributed by atoms with van der Waals surface area (Å²) in [6, 6.07) is 16.3. The van der Waals surface area contributed by atoms with Crippen molar-refractivity contribution >= 4 is 18.0 Å². The molecule has 0 spiro atoms. The predicted molar refractivity (Wildman–Crippen MR) is 131 cm³/mol. The highest BCUT2D eigenvalue weighted by Gasteiger charge is 2.28. The lowest BCUT2D eigenvalue weighted by atomic mass is 9.98. The molecule has 182 valence electrons. The molecule has 0 aliphatic heterocycles. The molecule has 0 heterocycles. The number of amides is 2. The summed E-state index contributed by atoms with van der Waals surface area (Å²) in [5, 5.41) is 14.4. The largest absolute Gasteiger partial charge is 0.481 e. The number of carbonyl (C=O) groups excluding carboxylic acids is 2. The summed E-state index contributed by atoms with van der Waals surface area (Å²) in [4.78, 5) is 34.9. The van der Waals surface area contributed by atoms with E-state index in [0.29, 0.717) is 25.8 Å². The van der Waals surface area contributed by atoms with Crippen molar-refractivity contribution in [2.45, 2.75) is 57.9 Å². The third kappa shape index (κ3) is 7.07. The first-order valence-electron chi connectivity index (χ1n) is 11.9. The highest BCUT2D eigenvalue weighted by atomic mass is 16.5. The smallest absolute Gasteiger partial charge is 0.407 e. The fourth-order valence-electron chi connectivity index (χ4n) is 4.35. The van der Waals surface area contributed by atoms with Crippen molar-refractivity contribution in [1.29, 1.82) is 0 Å². The molecule has 2 amide bonds. The molecular weight excluding hydrogens is 432 g/mol. The van der Waals surface area contributed by atoms with Crippen LogP contribution >= 0.6 is 0 Å². The lowest BCUT2D eigenvalue weighted by Gasteiger charge is -2.16. The van der Waals surface area contributed by atoms with E-state index in [9.17, 15) is 14.4 Å². The number of alkyl carbamates (subject to hydrolysis) is 1. The van der Waals surface area contributed by atoms with Gasteiger partial charge in [-0.1, -0.05) is 55.5 Å². The van der Waals surface area contributed by atoms with Crippen LogP contribution in [-0.4, -0.2) is 42.3 Å².